The Hall–Kier alpha value is -1.44. The molecule has 12 heteroatoms. The minimum atomic E-state index is -4.67. The van der Waals surface area contributed by atoms with Crippen molar-refractivity contribution >= 4 is 32.1 Å². The van der Waals surface area contributed by atoms with E-state index >= 15 is 0 Å². The molecule has 0 heterocycles. The standard InChI is InChI=1S/C9H15N3O3S.H2O4S/c1-6-5-8(3-4-9(6)11)12(7(2)10)16(13,14)15;1-5(2,3)4/h3-5,7H,10-11H2,1-2H3,(H,13,14,15);(H2,1,2,3,4). The average molecular weight is 343 g/mol. The quantitative estimate of drug-likeness (QED) is 0.282. The third-order valence-corrected chi connectivity index (χ3v) is 3.17. The summed E-state index contributed by atoms with van der Waals surface area (Å²) in [6.07, 6.45) is -0.863. The first kappa shape index (κ1) is 19.6. The number of benzene rings is 1. The van der Waals surface area contributed by atoms with Crippen LogP contribution < -0.4 is 15.8 Å². The summed E-state index contributed by atoms with van der Waals surface area (Å²) in [5, 5.41) is 0. The lowest BCUT2D eigenvalue weighted by molar-refractivity contribution is 0.381. The van der Waals surface area contributed by atoms with Gasteiger partial charge in [-0.3, -0.25) is 13.7 Å². The normalized spacial score (nSPS) is 13.0. The monoisotopic (exact) mass is 343 g/mol. The van der Waals surface area contributed by atoms with E-state index in [9.17, 15) is 8.42 Å². The van der Waals surface area contributed by atoms with Crippen LogP contribution in [0.5, 0.6) is 0 Å². The molecule has 0 amide bonds. The van der Waals surface area contributed by atoms with Gasteiger partial charge >= 0.3 is 20.7 Å². The topological polar surface area (TPSA) is 184 Å². The van der Waals surface area contributed by atoms with Crippen LogP contribution in [-0.4, -0.2) is 36.7 Å². The van der Waals surface area contributed by atoms with Crippen LogP contribution in [0.1, 0.15) is 12.5 Å². The highest BCUT2D eigenvalue weighted by Crippen LogP contribution is 2.23. The van der Waals surface area contributed by atoms with E-state index in [0.29, 0.717) is 11.3 Å². The predicted molar refractivity (Wildman–Crippen MR) is 77.4 cm³/mol. The third kappa shape index (κ3) is 7.79. The SMILES string of the molecule is Cc1cc(N(C(C)N)S(=O)(=O)O)ccc1N.O=S(=O)(O)O. The van der Waals surface area contributed by atoms with Crippen LogP contribution in [0.4, 0.5) is 11.4 Å². The Labute approximate surface area is 122 Å². The van der Waals surface area contributed by atoms with Gasteiger partial charge in [-0.25, -0.2) is 4.31 Å². The van der Waals surface area contributed by atoms with Crippen molar-refractivity contribution in [1.82, 2.24) is 0 Å². The van der Waals surface area contributed by atoms with Crippen molar-refractivity contribution in [1.29, 1.82) is 0 Å². The highest BCUT2D eigenvalue weighted by Gasteiger charge is 2.23. The van der Waals surface area contributed by atoms with E-state index in [-0.39, 0.29) is 5.69 Å². The van der Waals surface area contributed by atoms with Gasteiger partial charge in [-0.2, -0.15) is 16.8 Å². The lowest BCUT2D eigenvalue weighted by Gasteiger charge is -2.25. The van der Waals surface area contributed by atoms with E-state index in [4.69, 9.17) is 33.5 Å². The number of aryl methyl sites for hydroxylation is 1. The fourth-order valence-corrected chi connectivity index (χ4v) is 2.18. The largest absolute Gasteiger partial charge is 0.399 e. The molecule has 1 aromatic rings. The van der Waals surface area contributed by atoms with Gasteiger partial charge in [0.1, 0.15) is 0 Å². The van der Waals surface area contributed by atoms with Crippen LogP contribution in [0.25, 0.3) is 0 Å². The van der Waals surface area contributed by atoms with Gasteiger partial charge in [0.15, 0.2) is 0 Å². The van der Waals surface area contributed by atoms with E-state index in [2.05, 4.69) is 0 Å². The second-order valence-electron chi connectivity index (χ2n) is 4.00. The van der Waals surface area contributed by atoms with Crippen LogP contribution in [-0.2, 0) is 20.7 Å². The summed E-state index contributed by atoms with van der Waals surface area (Å²) in [6, 6.07) is 4.59. The average Bonchev–Trinajstić information content (AvgIpc) is 2.18. The van der Waals surface area contributed by atoms with Crippen LogP contribution >= 0.6 is 0 Å². The molecule has 0 saturated carbocycles. The fraction of sp³-hybridized carbons (Fsp3) is 0.333. The Morgan fingerprint density at radius 3 is 1.86 bits per heavy atom. The summed E-state index contributed by atoms with van der Waals surface area (Å²) in [4.78, 5) is 0. The van der Waals surface area contributed by atoms with E-state index in [1.807, 2.05) is 0 Å². The first-order valence-corrected chi connectivity index (χ1v) is 8.11. The van der Waals surface area contributed by atoms with Crippen molar-refractivity contribution in [3.63, 3.8) is 0 Å². The molecule has 0 aliphatic carbocycles. The van der Waals surface area contributed by atoms with E-state index in [1.54, 1.807) is 19.1 Å². The number of nitrogens with two attached hydrogens (primary N) is 2. The summed E-state index contributed by atoms with van der Waals surface area (Å²) in [5.41, 5.74) is 12.7. The van der Waals surface area contributed by atoms with Gasteiger partial charge in [0.25, 0.3) is 0 Å². The van der Waals surface area contributed by atoms with Gasteiger partial charge in [0.2, 0.25) is 0 Å². The van der Waals surface area contributed by atoms with Gasteiger partial charge in [0, 0.05) is 5.69 Å². The van der Waals surface area contributed by atoms with Crippen LogP contribution in [0.2, 0.25) is 0 Å². The van der Waals surface area contributed by atoms with Gasteiger partial charge < -0.3 is 11.5 Å². The van der Waals surface area contributed by atoms with Crippen LogP contribution in [0.15, 0.2) is 18.2 Å². The van der Waals surface area contributed by atoms with Crippen molar-refractivity contribution in [2.45, 2.75) is 20.0 Å². The fourth-order valence-electron chi connectivity index (χ4n) is 1.38. The molecular formula is C9H17N3O7S2. The summed E-state index contributed by atoms with van der Waals surface area (Å²) in [6.45, 7) is 3.20. The van der Waals surface area contributed by atoms with E-state index in [1.165, 1.54) is 13.0 Å². The van der Waals surface area contributed by atoms with E-state index in [0.717, 1.165) is 4.31 Å². The van der Waals surface area contributed by atoms with Crippen molar-refractivity contribution < 1.29 is 30.5 Å². The number of hydrogen-bond acceptors (Lipinski definition) is 6. The molecule has 0 spiro atoms. The molecule has 0 aliphatic heterocycles. The molecule has 0 aliphatic rings. The molecule has 10 nitrogen and oxygen atoms in total. The maximum Gasteiger partial charge on any atom is 0.394 e. The highest BCUT2D eigenvalue weighted by molar-refractivity contribution is 7.87. The maximum absolute atomic E-state index is 11.1. The zero-order chi connectivity index (χ0) is 17.0. The number of anilines is 2. The molecule has 0 saturated heterocycles. The van der Waals surface area contributed by atoms with Crippen LogP contribution in [0.3, 0.4) is 0 Å². The van der Waals surface area contributed by atoms with Gasteiger partial charge in [-0.15, -0.1) is 0 Å². The molecule has 1 unspecified atom stereocenters. The predicted octanol–water partition coefficient (Wildman–Crippen LogP) is -0.162. The van der Waals surface area contributed by atoms with Crippen molar-refractivity contribution in [3.8, 4) is 0 Å². The first-order chi connectivity index (χ1) is 9.23. The highest BCUT2D eigenvalue weighted by atomic mass is 32.3. The Bertz CT molecular complexity index is 677. The molecule has 7 N–H and O–H groups in total. The molecule has 1 aromatic carbocycles. The summed E-state index contributed by atoms with van der Waals surface area (Å²) in [5.74, 6) is 0. The minimum absolute atomic E-state index is 0.282. The lowest BCUT2D eigenvalue weighted by atomic mass is 10.2. The van der Waals surface area contributed by atoms with Crippen molar-refractivity contribution in [3.05, 3.63) is 23.8 Å². The minimum Gasteiger partial charge on any atom is -0.399 e. The summed E-state index contributed by atoms with van der Waals surface area (Å²) in [7, 11) is -9.05. The Morgan fingerprint density at radius 1 is 1.14 bits per heavy atom. The molecule has 0 radical (unpaired) electrons. The Kier molecular flexibility index (Phi) is 6.54. The molecule has 122 valence electrons. The lowest BCUT2D eigenvalue weighted by Crippen LogP contribution is -2.43. The first-order valence-electron chi connectivity index (χ1n) is 5.32. The zero-order valence-electron chi connectivity index (χ0n) is 11.2. The van der Waals surface area contributed by atoms with Crippen molar-refractivity contribution in [2.75, 3.05) is 10.0 Å². The van der Waals surface area contributed by atoms with E-state index < -0.39 is 26.9 Å². The molecule has 0 bridgehead atoms. The van der Waals surface area contributed by atoms with Gasteiger partial charge in [-0.1, -0.05) is 0 Å². The number of hydrogen-bond donors (Lipinski definition) is 5. The molecule has 0 fully saturated rings. The third-order valence-electron chi connectivity index (χ3n) is 2.13. The second kappa shape index (κ2) is 7.02. The number of nitrogen functional groups attached to an aromatic ring is 1. The number of nitrogens with zero attached hydrogens (tertiary/aromatic N) is 1. The molecule has 21 heavy (non-hydrogen) atoms. The molecular weight excluding hydrogens is 326 g/mol. The second-order valence-corrected chi connectivity index (χ2v) is 6.19. The summed E-state index contributed by atoms with van der Waals surface area (Å²) >= 11 is 0. The van der Waals surface area contributed by atoms with Crippen LogP contribution in [0, 0.1) is 6.92 Å². The molecule has 1 rings (SSSR count). The zero-order valence-corrected chi connectivity index (χ0v) is 12.8. The van der Waals surface area contributed by atoms with Gasteiger partial charge in [-0.05, 0) is 37.6 Å². The smallest absolute Gasteiger partial charge is 0.394 e. The van der Waals surface area contributed by atoms with Gasteiger partial charge in [0.05, 0.1) is 11.9 Å². The summed E-state index contributed by atoms with van der Waals surface area (Å²) < 4.78 is 63.6. The molecule has 0 aromatic heterocycles. The maximum atomic E-state index is 11.1. The Balaban J connectivity index is 0.000000690. The molecule has 1 atom stereocenters. The Morgan fingerprint density at radius 2 is 1.57 bits per heavy atom. The van der Waals surface area contributed by atoms with Crippen molar-refractivity contribution in [2.24, 2.45) is 5.73 Å². The number of rotatable bonds is 3.